The molecule has 2 aromatic heterocycles. The van der Waals surface area contributed by atoms with Gasteiger partial charge in [0.1, 0.15) is 5.76 Å². The van der Waals surface area contributed by atoms with Gasteiger partial charge in [0.15, 0.2) is 3.77 Å². The van der Waals surface area contributed by atoms with Gasteiger partial charge in [-0.05, 0) is 52.9 Å². The summed E-state index contributed by atoms with van der Waals surface area (Å²) in [7, 11) is 0. The van der Waals surface area contributed by atoms with Crippen molar-refractivity contribution >= 4 is 28.3 Å². The minimum Gasteiger partial charge on any atom is -0.454 e. The summed E-state index contributed by atoms with van der Waals surface area (Å²) in [6.07, 6.45) is 1.32. The Bertz CT molecular complexity index is 664. The molecular weight excluding hydrogens is 357 g/mol. The SMILES string of the molecule is Ic1ccc(CNc2cccc(-c3nnco3)c2)o1. The molecule has 5 nitrogen and oxygen atoms in total. The molecule has 1 aromatic carbocycles. The van der Waals surface area contributed by atoms with E-state index in [0.717, 1.165) is 20.8 Å². The first-order valence-corrected chi connectivity index (χ1v) is 6.74. The van der Waals surface area contributed by atoms with E-state index in [1.54, 1.807) is 0 Å². The predicted molar refractivity (Wildman–Crippen MR) is 78.5 cm³/mol. The number of hydrogen-bond acceptors (Lipinski definition) is 5. The monoisotopic (exact) mass is 367 g/mol. The van der Waals surface area contributed by atoms with E-state index in [2.05, 4.69) is 38.1 Å². The van der Waals surface area contributed by atoms with E-state index >= 15 is 0 Å². The molecule has 0 amide bonds. The quantitative estimate of drug-likeness (QED) is 0.715. The van der Waals surface area contributed by atoms with Gasteiger partial charge in [-0.1, -0.05) is 6.07 Å². The van der Waals surface area contributed by atoms with Crippen LogP contribution in [0.2, 0.25) is 0 Å². The highest BCUT2D eigenvalue weighted by Gasteiger charge is 2.04. The van der Waals surface area contributed by atoms with Crippen molar-refractivity contribution in [3.8, 4) is 11.5 Å². The van der Waals surface area contributed by atoms with Crippen molar-refractivity contribution in [2.45, 2.75) is 6.54 Å². The lowest BCUT2D eigenvalue weighted by molar-refractivity contribution is 0.493. The van der Waals surface area contributed by atoms with Crippen molar-refractivity contribution in [1.29, 1.82) is 0 Å². The number of halogens is 1. The van der Waals surface area contributed by atoms with Gasteiger partial charge in [-0.2, -0.15) is 0 Å². The molecule has 6 heteroatoms. The zero-order valence-electron chi connectivity index (χ0n) is 9.84. The van der Waals surface area contributed by atoms with Gasteiger partial charge in [0.2, 0.25) is 12.3 Å². The maximum atomic E-state index is 5.49. The van der Waals surface area contributed by atoms with Crippen LogP contribution < -0.4 is 5.32 Å². The number of benzene rings is 1. The van der Waals surface area contributed by atoms with Gasteiger partial charge in [-0.3, -0.25) is 0 Å². The molecule has 0 aliphatic heterocycles. The van der Waals surface area contributed by atoms with Gasteiger partial charge in [0.25, 0.3) is 0 Å². The zero-order chi connectivity index (χ0) is 13.1. The average Bonchev–Trinajstić information content (AvgIpc) is 3.08. The molecule has 0 aliphatic rings. The predicted octanol–water partition coefficient (Wildman–Crippen LogP) is 3.55. The van der Waals surface area contributed by atoms with Gasteiger partial charge in [0.05, 0.1) is 6.54 Å². The van der Waals surface area contributed by atoms with Crippen molar-refractivity contribution in [2.24, 2.45) is 0 Å². The molecule has 0 radical (unpaired) electrons. The summed E-state index contributed by atoms with van der Waals surface area (Å²) in [5.41, 5.74) is 1.86. The highest BCUT2D eigenvalue weighted by Crippen LogP contribution is 2.21. The van der Waals surface area contributed by atoms with Crippen LogP contribution in [0.4, 0.5) is 5.69 Å². The highest BCUT2D eigenvalue weighted by atomic mass is 127. The van der Waals surface area contributed by atoms with Crippen LogP contribution in [0, 0.1) is 3.77 Å². The van der Waals surface area contributed by atoms with Crippen LogP contribution >= 0.6 is 22.6 Å². The van der Waals surface area contributed by atoms with Gasteiger partial charge >= 0.3 is 0 Å². The van der Waals surface area contributed by atoms with Crippen molar-refractivity contribution in [2.75, 3.05) is 5.32 Å². The van der Waals surface area contributed by atoms with Gasteiger partial charge < -0.3 is 14.2 Å². The molecule has 3 rings (SSSR count). The molecule has 0 fully saturated rings. The molecule has 0 saturated carbocycles. The van der Waals surface area contributed by atoms with Crippen LogP contribution in [0.15, 0.2) is 51.6 Å². The molecule has 2 heterocycles. The Morgan fingerprint density at radius 1 is 1.21 bits per heavy atom. The maximum absolute atomic E-state index is 5.49. The average molecular weight is 367 g/mol. The van der Waals surface area contributed by atoms with E-state index in [1.807, 2.05) is 36.4 Å². The molecule has 0 saturated heterocycles. The van der Waals surface area contributed by atoms with Crippen LogP contribution in [0.1, 0.15) is 5.76 Å². The molecule has 19 heavy (non-hydrogen) atoms. The fourth-order valence-electron chi connectivity index (χ4n) is 1.70. The Morgan fingerprint density at radius 2 is 2.16 bits per heavy atom. The van der Waals surface area contributed by atoms with Crippen LogP contribution in [-0.4, -0.2) is 10.2 Å². The first-order chi connectivity index (χ1) is 9.31. The summed E-state index contributed by atoms with van der Waals surface area (Å²) in [6.45, 7) is 0.635. The second-order valence-corrected chi connectivity index (χ2v) is 4.95. The lowest BCUT2D eigenvalue weighted by atomic mass is 10.2. The summed E-state index contributed by atoms with van der Waals surface area (Å²) in [5, 5.41) is 10.8. The minimum absolute atomic E-state index is 0.510. The topological polar surface area (TPSA) is 64.1 Å². The lowest BCUT2D eigenvalue weighted by Gasteiger charge is -2.05. The largest absolute Gasteiger partial charge is 0.454 e. The molecule has 96 valence electrons. The molecule has 0 aliphatic carbocycles. The van der Waals surface area contributed by atoms with Gasteiger partial charge in [-0.15, -0.1) is 10.2 Å². The standard InChI is InChI=1S/C13H10IN3O2/c14-12-5-4-11(19-12)7-15-10-3-1-2-9(6-10)13-17-16-8-18-13/h1-6,8,15H,7H2. The van der Waals surface area contributed by atoms with E-state index < -0.39 is 0 Å². The van der Waals surface area contributed by atoms with Gasteiger partial charge in [0, 0.05) is 11.3 Å². The van der Waals surface area contributed by atoms with E-state index in [4.69, 9.17) is 8.83 Å². The van der Waals surface area contributed by atoms with Crippen molar-refractivity contribution in [3.05, 3.63) is 52.3 Å². The van der Waals surface area contributed by atoms with Crippen molar-refractivity contribution < 1.29 is 8.83 Å². The first-order valence-electron chi connectivity index (χ1n) is 5.66. The van der Waals surface area contributed by atoms with Crippen molar-refractivity contribution in [3.63, 3.8) is 0 Å². The van der Waals surface area contributed by atoms with Crippen molar-refractivity contribution in [1.82, 2.24) is 10.2 Å². The molecule has 1 N–H and O–H groups in total. The molecule has 0 unspecified atom stereocenters. The van der Waals surface area contributed by atoms with E-state index in [9.17, 15) is 0 Å². The molecule has 0 spiro atoms. The van der Waals surface area contributed by atoms with Crippen LogP contribution in [0.3, 0.4) is 0 Å². The minimum atomic E-state index is 0.510. The molecule has 0 bridgehead atoms. The Kier molecular flexibility index (Phi) is 3.49. The van der Waals surface area contributed by atoms with E-state index in [-0.39, 0.29) is 0 Å². The fraction of sp³-hybridized carbons (Fsp3) is 0.0769. The summed E-state index contributed by atoms with van der Waals surface area (Å²) in [6, 6.07) is 11.7. The number of furan rings is 1. The summed E-state index contributed by atoms with van der Waals surface area (Å²) < 4.78 is 11.5. The molecule has 3 aromatic rings. The number of anilines is 1. The highest BCUT2D eigenvalue weighted by molar-refractivity contribution is 14.1. The molecule has 0 atom stereocenters. The smallest absolute Gasteiger partial charge is 0.247 e. The number of rotatable bonds is 4. The number of hydrogen-bond donors (Lipinski definition) is 1. The number of aromatic nitrogens is 2. The Labute approximate surface area is 123 Å². The van der Waals surface area contributed by atoms with Crippen LogP contribution in [0.5, 0.6) is 0 Å². The summed E-state index contributed by atoms with van der Waals surface area (Å²) in [5.74, 6) is 1.41. The maximum Gasteiger partial charge on any atom is 0.247 e. The molecular formula is C13H10IN3O2. The third kappa shape index (κ3) is 2.95. The normalized spacial score (nSPS) is 10.6. The summed E-state index contributed by atoms with van der Waals surface area (Å²) in [4.78, 5) is 0. The van der Waals surface area contributed by atoms with E-state index in [0.29, 0.717) is 12.4 Å². The first kappa shape index (κ1) is 12.2. The number of nitrogens with one attached hydrogen (secondary N) is 1. The van der Waals surface area contributed by atoms with Crippen LogP contribution in [0.25, 0.3) is 11.5 Å². The summed E-state index contributed by atoms with van der Waals surface area (Å²) >= 11 is 2.15. The van der Waals surface area contributed by atoms with Gasteiger partial charge in [-0.25, -0.2) is 0 Å². The zero-order valence-corrected chi connectivity index (χ0v) is 12.0. The second-order valence-electron chi connectivity index (χ2n) is 3.88. The Morgan fingerprint density at radius 3 is 2.89 bits per heavy atom. The third-order valence-electron chi connectivity index (χ3n) is 2.57. The Balaban J connectivity index is 1.73. The van der Waals surface area contributed by atoms with E-state index in [1.165, 1.54) is 6.39 Å². The lowest BCUT2D eigenvalue weighted by Crippen LogP contribution is -1.98. The Hall–Kier alpha value is -1.83. The second kappa shape index (κ2) is 5.43. The van der Waals surface area contributed by atoms with Crippen LogP contribution in [-0.2, 0) is 6.54 Å². The third-order valence-corrected chi connectivity index (χ3v) is 3.14. The fourth-order valence-corrected chi connectivity index (χ4v) is 2.16. The number of nitrogens with zero attached hydrogens (tertiary/aromatic N) is 2.